The van der Waals surface area contributed by atoms with E-state index in [9.17, 15) is 17.6 Å². The van der Waals surface area contributed by atoms with Crippen LogP contribution in [-0.4, -0.2) is 16.1 Å². The molecule has 22 heavy (non-hydrogen) atoms. The average molecular weight is 342 g/mol. The van der Waals surface area contributed by atoms with Gasteiger partial charge in [0.1, 0.15) is 27.3 Å². The average Bonchev–Trinajstić information content (AvgIpc) is 2.33. The van der Waals surface area contributed by atoms with Crippen molar-refractivity contribution in [3.05, 3.63) is 34.4 Å². The summed E-state index contributed by atoms with van der Waals surface area (Å²) in [5.41, 5.74) is 3.66. The number of rotatable bonds is 0. The van der Waals surface area contributed by atoms with E-state index in [2.05, 4.69) is 22.9 Å². The third kappa shape index (κ3) is 4.76. The molecule has 0 nitrogen and oxygen atoms in total. The largest absolute Gasteiger partial charge is 0.202 e. The lowest BCUT2D eigenvalue weighted by molar-refractivity contribution is 0.447. The van der Waals surface area contributed by atoms with Crippen LogP contribution in [-0.2, 0) is 0 Å². The van der Waals surface area contributed by atoms with E-state index in [0.717, 1.165) is 0 Å². The second kappa shape index (κ2) is 6.31. The lowest BCUT2D eigenvalue weighted by Gasteiger charge is -2.08. The normalized spacial score (nSPS) is 11.4. The molecule has 0 aliphatic heterocycles. The molecule has 0 radical (unpaired) electrons. The first kappa shape index (κ1) is 18.5. The fourth-order valence-electron chi connectivity index (χ4n) is 1.35. The van der Waals surface area contributed by atoms with Gasteiger partial charge in [-0.15, -0.1) is 11.1 Å². The van der Waals surface area contributed by atoms with Gasteiger partial charge < -0.3 is 0 Å². The number of hydrogen-bond donors (Lipinski definition) is 0. The minimum Gasteiger partial charge on any atom is -0.202 e. The van der Waals surface area contributed by atoms with Crippen molar-refractivity contribution in [1.82, 2.24) is 0 Å². The van der Waals surface area contributed by atoms with E-state index in [1.165, 1.54) is 0 Å². The molecule has 1 aromatic rings. The Kier molecular flexibility index (Phi) is 5.32. The molecule has 0 saturated carbocycles. The van der Waals surface area contributed by atoms with Crippen LogP contribution < -0.4 is 0 Å². The van der Waals surface area contributed by atoms with Crippen molar-refractivity contribution < 1.29 is 17.6 Å². The van der Waals surface area contributed by atoms with Crippen LogP contribution in [0.5, 0.6) is 0 Å². The van der Waals surface area contributed by atoms with E-state index in [-0.39, 0.29) is 0 Å². The smallest absolute Gasteiger partial charge is 0.178 e. The second-order valence-electron chi connectivity index (χ2n) is 7.01. The standard InChI is InChI=1S/C16H18F4Si2/c1-21(2,3)9-7-11-13(17)15(19)12(16(20)14(11)18)8-10-22(4,5)6/h1-6H3. The molecule has 0 bridgehead atoms. The Hall–Kier alpha value is -1.51. The zero-order valence-electron chi connectivity index (χ0n) is 13.5. The van der Waals surface area contributed by atoms with Crippen molar-refractivity contribution in [3.63, 3.8) is 0 Å². The fraction of sp³-hybridized carbons (Fsp3) is 0.375. The predicted molar refractivity (Wildman–Crippen MR) is 86.7 cm³/mol. The molecule has 0 atom stereocenters. The lowest BCUT2D eigenvalue weighted by Crippen LogP contribution is -2.17. The minimum atomic E-state index is -1.94. The number of halogens is 4. The molecular formula is C16H18F4Si2. The van der Waals surface area contributed by atoms with Crippen LogP contribution in [0.4, 0.5) is 17.6 Å². The Labute approximate surface area is 131 Å². The third-order valence-electron chi connectivity index (χ3n) is 2.39. The maximum atomic E-state index is 14.0. The molecule has 0 aromatic heterocycles. The topological polar surface area (TPSA) is 0 Å². The van der Waals surface area contributed by atoms with Crippen molar-refractivity contribution in [2.75, 3.05) is 0 Å². The molecule has 0 aliphatic rings. The van der Waals surface area contributed by atoms with Gasteiger partial charge >= 0.3 is 0 Å². The van der Waals surface area contributed by atoms with Gasteiger partial charge in [0.15, 0.2) is 23.3 Å². The molecule has 1 aromatic carbocycles. The molecule has 118 valence electrons. The van der Waals surface area contributed by atoms with Gasteiger partial charge in [0, 0.05) is 0 Å². The first-order valence-electron chi connectivity index (χ1n) is 6.76. The van der Waals surface area contributed by atoms with Crippen molar-refractivity contribution >= 4 is 16.1 Å². The Balaban J connectivity index is 3.57. The molecule has 6 heteroatoms. The highest BCUT2D eigenvalue weighted by Gasteiger charge is 2.24. The van der Waals surface area contributed by atoms with Crippen LogP contribution in [0.3, 0.4) is 0 Å². The zero-order chi connectivity index (χ0) is 17.3. The van der Waals surface area contributed by atoms with Crippen molar-refractivity contribution in [1.29, 1.82) is 0 Å². The van der Waals surface area contributed by atoms with E-state index in [1.54, 1.807) is 0 Å². The Bertz CT molecular complexity index is 625. The summed E-state index contributed by atoms with van der Waals surface area (Å²) in [5, 5.41) is 0. The Morgan fingerprint density at radius 2 is 0.773 bits per heavy atom. The van der Waals surface area contributed by atoms with E-state index in [0.29, 0.717) is 0 Å². The molecular weight excluding hydrogens is 324 g/mol. The summed E-state index contributed by atoms with van der Waals surface area (Å²) in [6, 6.07) is 0. The number of benzene rings is 1. The summed E-state index contributed by atoms with van der Waals surface area (Å²) in [4.78, 5) is 0. The molecule has 0 unspecified atom stereocenters. The van der Waals surface area contributed by atoms with Crippen molar-refractivity contribution in [2.45, 2.75) is 39.3 Å². The van der Waals surface area contributed by atoms with Crippen molar-refractivity contribution in [3.8, 4) is 22.9 Å². The maximum absolute atomic E-state index is 14.0. The molecule has 0 amide bonds. The third-order valence-corrected chi connectivity index (χ3v) is 4.14. The summed E-state index contributed by atoms with van der Waals surface area (Å²) in [7, 11) is -3.87. The molecule has 0 spiro atoms. The predicted octanol–water partition coefficient (Wildman–Crippen LogP) is 4.70. The van der Waals surface area contributed by atoms with Gasteiger partial charge in [0.25, 0.3) is 0 Å². The number of hydrogen-bond acceptors (Lipinski definition) is 0. The van der Waals surface area contributed by atoms with Crippen LogP contribution in [0.2, 0.25) is 39.3 Å². The first-order valence-corrected chi connectivity index (χ1v) is 13.8. The first-order chi connectivity index (χ1) is 9.83. The lowest BCUT2D eigenvalue weighted by atomic mass is 10.1. The molecule has 0 heterocycles. The maximum Gasteiger partial charge on any atom is 0.178 e. The van der Waals surface area contributed by atoms with Gasteiger partial charge in [-0.3, -0.25) is 0 Å². The highest BCUT2D eigenvalue weighted by atomic mass is 28.3. The van der Waals surface area contributed by atoms with Crippen LogP contribution >= 0.6 is 0 Å². The van der Waals surface area contributed by atoms with E-state index >= 15 is 0 Å². The van der Waals surface area contributed by atoms with Gasteiger partial charge in [-0.2, -0.15) is 0 Å². The van der Waals surface area contributed by atoms with Crippen LogP contribution in [0.15, 0.2) is 0 Å². The fourth-order valence-corrected chi connectivity index (χ4v) is 2.35. The summed E-state index contributed by atoms with van der Waals surface area (Å²) in [5.74, 6) is -1.44. The molecule has 0 saturated heterocycles. The van der Waals surface area contributed by atoms with Gasteiger partial charge in [0.05, 0.1) is 0 Å². The van der Waals surface area contributed by atoms with Gasteiger partial charge in [0.2, 0.25) is 0 Å². The molecule has 0 fully saturated rings. The molecule has 0 aliphatic carbocycles. The van der Waals surface area contributed by atoms with E-state index in [4.69, 9.17) is 0 Å². The highest BCUT2D eigenvalue weighted by Crippen LogP contribution is 2.23. The van der Waals surface area contributed by atoms with Gasteiger partial charge in [-0.25, -0.2) is 17.6 Å². The minimum absolute atomic E-state index is 0.865. The highest BCUT2D eigenvalue weighted by molar-refractivity contribution is 6.84. The molecule has 1 rings (SSSR count). The Morgan fingerprint density at radius 3 is 0.955 bits per heavy atom. The monoisotopic (exact) mass is 342 g/mol. The molecule has 0 N–H and O–H groups in total. The zero-order valence-corrected chi connectivity index (χ0v) is 15.5. The van der Waals surface area contributed by atoms with Crippen LogP contribution in [0, 0.1) is 46.2 Å². The van der Waals surface area contributed by atoms with Gasteiger partial charge in [-0.1, -0.05) is 51.1 Å². The summed E-state index contributed by atoms with van der Waals surface area (Å²) in [6.45, 7) is 11.1. The van der Waals surface area contributed by atoms with Gasteiger partial charge in [-0.05, 0) is 0 Å². The van der Waals surface area contributed by atoms with Crippen LogP contribution in [0.25, 0.3) is 0 Å². The second-order valence-corrected chi connectivity index (χ2v) is 16.5. The van der Waals surface area contributed by atoms with Crippen LogP contribution in [0.1, 0.15) is 11.1 Å². The quantitative estimate of drug-likeness (QED) is 0.277. The summed E-state index contributed by atoms with van der Waals surface area (Å²) >= 11 is 0. The van der Waals surface area contributed by atoms with Crippen molar-refractivity contribution in [2.24, 2.45) is 0 Å². The van der Waals surface area contributed by atoms with E-state index in [1.807, 2.05) is 39.3 Å². The van der Waals surface area contributed by atoms with E-state index < -0.39 is 50.5 Å². The Morgan fingerprint density at radius 1 is 0.545 bits per heavy atom. The summed E-state index contributed by atoms with van der Waals surface area (Å²) in [6.07, 6.45) is 0. The SMILES string of the molecule is C[Si](C)(C)C#Cc1c(F)c(F)c(C#C[Si](C)(C)C)c(F)c1F. The summed E-state index contributed by atoms with van der Waals surface area (Å²) < 4.78 is 55.9.